The lowest BCUT2D eigenvalue weighted by Crippen LogP contribution is -2.25. The highest BCUT2D eigenvalue weighted by Crippen LogP contribution is 2.24. The van der Waals surface area contributed by atoms with E-state index < -0.39 is 6.10 Å². The number of aliphatic hydroxyl groups is 1. The molecule has 2 atom stereocenters. The maximum atomic E-state index is 13.0. The molecule has 0 spiro atoms. The van der Waals surface area contributed by atoms with E-state index in [0.29, 0.717) is 18.0 Å². The lowest BCUT2D eigenvalue weighted by molar-refractivity contribution is 0.162. The molecule has 0 fully saturated rings. The molecule has 3 nitrogen and oxygen atoms in total. The molecule has 2 N–H and O–H groups in total. The van der Waals surface area contributed by atoms with Gasteiger partial charge < -0.3 is 10.4 Å². The molecule has 0 amide bonds. The number of hydrogen-bond acceptors (Lipinski definition) is 4. The number of fused-ring (bicyclic) bond motifs is 1. The second-order valence-corrected chi connectivity index (χ2v) is 7.33. The number of halogens is 2. The van der Waals surface area contributed by atoms with Crippen molar-refractivity contribution in [3.05, 3.63) is 64.4 Å². The fourth-order valence-electron chi connectivity index (χ4n) is 2.92. The van der Waals surface area contributed by atoms with Crippen molar-refractivity contribution in [1.29, 1.82) is 0 Å². The summed E-state index contributed by atoms with van der Waals surface area (Å²) in [6.45, 7) is 2.97. The first kappa shape index (κ1) is 20.8. The van der Waals surface area contributed by atoms with Gasteiger partial charge in [-0.2, -0.15) is 4.39 Å². The van der Waals surface area contributed by atoms with Crippen molar-refractivity contribution in [2.45, 2.75) is 44.9 Å². The molecule has 2 heterocycles. The molecule has 3 aromatic rings. The number of hydrogen-bond donors (Lipinski definition) is 2. The van der Waals surface area contributed by atoms with E-state index in [-0.39, 0.29) is 17.5 Å². The lowest BCUT2D eigenvalue weighted by atomic mass is 10.0. The summed E-state index contributed by atoms with van der Waals surface area (Å²) in [7, 11) is 0. The smallest absolute Gasteiger partial charge is 0.176 e. The third-order valence-corrected chi connectivity index (χ3v) is 5.18. The van der Waals surface area contributed by atoms with Crippen molar-refractivity contribution in [2.75, 3.05) is 0 Å². The largest absolute Gasteiger partial charge is 0.388 e. The van der Waals surface area contributed by atoms with Gasteiger partial charge in [-0.05, 0) is 66.3 Å². The Kier molecular flexibility index (Phi) is 7.97. The zero-order chi connectivity index (χ0) is 17.6. The van der Waals surface area contributed by atoms with Gasteiger partial charge >= 0.3 is 0 Å². The number of pyridine rings is 1. The molecule has 1 unspecified atom stereocenters. The maximum Gasteiger partial charge on any atom is 0.176 e. The third kappa shape index (κ3) is 5.74. The number of rotatable bonds is 8. The number of benzene rings is 1. The normalized spacial score (nSPS) is 13.3. The van der Waals surface area contributed by atoms with E-state index in [1.165, 1.54) is 17.0 Å². The molecular formula is C20H24ClFN2OS. The molecule has 0 bridgehead atoms. The highest BCUT2D eigenvalue weighted by molar-refractivity contribution is 7.08. The summed E-state index contributed by atoms with van der Waals surface area (Å²) >= 11 is 1.04. The Hall–Kier alpha value is -1.53. The third-order valence-electron chi connectivity index (χ3n) is 4.45. The van der Waals surface area contributed by atoms with Crippen LogP contribution in [-0.2, 0) is 6.54 Å². The van der Waals surface area contributed by atoms with Crippen LogP contribution < -0.4 is 5.32 Å². The molecule has 0 saturated carbocycles. The number of thiophene rings is 1. The molecule has 26 heavy (non-hydrogen) atoms. The van der Waals surface area contributed by atoms with Crippen molar-refractivity contribution >= 4 is 34.5 Å². The summed E-state index contributed by atoms with van der Waals surface area (Å²) < 4.78 is 13.0. The minimum absolute atomic E-state index is 0. The molecule has 0 aliphatic rings. The predicted molar refractivity (Wildman–Crippen MR) is 108 cm³/mol. The van der Waals surface area contributed by atoms with E-state index in [9.17, 15) is 9.50 Å². The average Bonchev–Trinajstić information content (AvgIpc) is 3.06. The van der Waals surface area contributed by atoms with Crippen LogP contribution in [0.25, 0.3) is 10.8 Å². The molecule has 0 aliphatic carbocycles. The van der Waals surface area contributed by atoms with Crippen LogP contribution in [0.3, 0.4) is 0 Å². The van der Waals surface area contributed by atoms with E-state index in [1.54, 1.807) is 5.38 Å². The monoisotopic (exact) mass is 394 g/mol. The Morgan fingerprint density at radius 1 is 1.19 bits per heavy atom. The van der Waals surface area contributed by atoms with Crippen molar-refractivity contribution in [3.8, 4) is 0 Å². The van der Waals surface area contributed by atoms with E-state index in [4.69, 9.17) is 0 Å². The fourth-order valence-corrected chi connectivity index (χ4v) is 3.60. The number of aliphatic hydroxyl groups excluding tert-OH is 1. The van der Waals surface area contributed by atoms with Gasteiger partial charge in [0.2, 0.25) is 0 Å². The minimum atomic E-state index is -0.568. The van der Waals surface area contributed by atoms with E-state index >= 15 is 0 Å². The summed E-state index contributed by atoms with van der Waals surface area (Å²) in [5.74, 6) is 0. The highest BCUT2D eigenvalue weighted by atomic mass is 35.5. The second kappa shape index (κ2) is 9.97. The number of aromatic nitrogens is 1. The van der Waals surface area contributed by atoms with Gasteiger partial charge in [-0.3, -0.25) is 4.98 Å². The van der Waals surface area contributed by atoms with Gasteiger partial charge in [0.1, 0.15) is 0 Å². The Labute approximate surface area is 163 Å². The van der Waals surface area contributed by atoms with E-state index in [0.717, 1.165) is 36.1 Å². The van der Waals surface area contributed by atoms with E-state index in [1.807, 2.05) is 18.5 Å². The van der Waals surface area contributed by atoms with Gasteiger partial charge in [0.15, 0.2) is 5.13 Å². The Balaban J connectivity index is 0.00000243. The van der Waals surface area contributed by atoms with E-state index in [2.05, 4.69) is 35.4 Å². The van der Waals surface area contributed by atoms with Gasteiger partial charge in [0.05, 0.1) is 6.10 Å². The molecule has 1 aromatic carbocycles. The van der Waals surface area contributed by atoms with Crippen LogP contribution in [0.4, 0.5) is 4.39 Å². The maximum absolute atomic E-state index is 13.0. The summed E-state index contributed by atoms with van der Waals surface area (Å²) in [6.07, 6.45) is 5.65. The first-order valence-electron chi connectivity index (χ1n) is 8.60. The van der Waals surface area contributed by atoms with Crippen molar-refractivity contribution in [2.24, 2.45) is 0 Å². The number of nitrogens with one attached hydrogen (secondary N) is 1. The zero-order valence-corrected chi connectivity index (χ0v) is 16.3. The molecule has 0 aliphatic heterocycles. The van der Waals surface area contributed by atoms with Gasteiger partial charge in [-0.1, -0.05) is 12.1 Å². The fraction of sp³-hybridized carbons (Fsp3) is 0.350. The van der Waals surface area contributed by atoms with Gasteiger partial charge in [-0.15, -0.1) is 23.7 Å². The molecule has 140 valence electrons. The van der Waals surface area contributed by atoms with Crippen molar-refractivity contribution in [3.63, 3.8) is 0 Å². The van der Waals surface area contributed by atoms with Crippen molar-refractivity contribution < 1.29 is 9.50 Å². The Morgan fingerprint density at radius 3 is 2.81 bits per heavy atom. The molecule has 2 aromatic heterocycles. The number of nitrogens with zero attached hydrogens (tertiary/aromatic N) is 1. The van der Waals surface area contributed by atoms with Crippen LogP contribution in [0, 0.1) is 5.13 Å². The molecule has 0 saturated heterocycles. The van der Waals surface area contributed by atoms with Crippen molar-refractivity contribution in [1.82, 2.24) is 10.3 Å². The Bertz CT molecular complexity index is 826. The second-order valence-electron chi connectivity index (χ2n) is 6.47. The average molecular weight is 395 g/mol. The standard InChI is InChI=1S/C20H23FN2OS.ClH/c1-14(3-2-4-19(24)18-10-20(21)25-13-18)23-11-15-5-6-17-12-22-8-7-16(17)9-15;/h5-10,12-14,19,23-24H,2-4,11H2,1H3;1H/t14-,19?;/m1./s1. The van der Waals surface area contributed by atoms with Crippen LogP contribution in [-0.4, -0.2) is 16.1 Å². The SMILES string of the molecule is C[C@H](CCCC(O)c1csc(F)c1)NCc1ccc2cnccc2c1.Cl. The molecule has 6 heteroatoms. The topological polar surface area (TPSA) is 45.1 Å². The van der Waals surface area contributed by atoms with Crippen LogP contribution in [0.2, 0.25) is 0 Å². The van der Waals surface area contributed by atoms with Crippen LogP contribution in [0.15, 0.2) is 48.1 Å². The summed E-state index contributed by atoms with van der Waals surface area (Å²) in [5, 5.41) is 17.4. The first-order valence-corrected chi connectivity index (χ1v) is 9.48. The summed E-state index contributed by atoms with van der Waals surface area (Å²) in [6, 6.07) is 10.2. The molecule has 0 radical (unpaired) electrons. The van der Waals surface area contributed by atoms with Crippen LogP contribution in [0.1, 0.15) is 43.4 Å². The highest BCUT2D eigenvalue weighted by Gasteiger charge is 2.11. The summed E-state index contributed by atoms with van der Waals surface area (Å²) in [4.78, 5) is 4.13. The first-order chi connectivity index (χ1) is 12.1. The van der Waals surface area contributed by atoms with Crippen LogP contribution in [0.5, 0.6) is 0 Å². The van der Waals surface area contributed by atoms with Gasteiger partial charge in [0, 0.05) is 30.4 Å². The quantitative estimate of drug-likeness (QED) is 0.549. The lowest BCUT2D eigenvalue weighted by Gasteiger charge is -2.15. The van der Waals surface area contributed by atoms with Gasteiger partial charge in [-0.25, -0.2) is 0 Å². The Morgan fingerprint density at radius 2 is 2.04 bits per heavy atom. The minimum Gasteiger partial charge on any atom is -0.388 e. The zero-order valence-electron chi connectivity index (χ0n) is 14.7. The predicted octanol–water partition coefficient (Wildman–Crippen LogP) is 5.24. The molecular weight excluding hydrogens is 371 g/mol. The van der Waals surface area contributed by atoms with Gasteiger partial charge in [0.25, 0.3) is 0 Å². The van der Waals surface area contributed by atoms with Crippen LogP contribution >= 0.6 is 23.7 Å². The molecule has 3 rings (SSSR count). The summed E-state index contributed by atoms with van der Waals surface area (Å²) in [5.41, 5.74) is 1.94.